The van der Waals surface area contributed by atoms with Crippen LogP contribution in [-0.2, 0) is 69.1 Å². The average Bonchev–Trinajstić information content (AvgIpc) is 3.76. The van der Waals surface area contributed by atoms with Gasteiger partial charge in [0.2, 0.25) is 0 Å². The minimum absolute atomic E-state index is 0.0134. The lowest BCUT2D eigenvalue weighted by Gasteiger charge is -2.38. The van der Waals surface area contributed by atoms with Crippen LogP contribution in [0.1, 0.15) is 159 Å². The van der Waals surface area contributed by atoms with E-state index in [1.54, 1.807) is 25.5 Å². The smallest absolute Gasteiger partial charge is 0.164 e. The first kappa shape index (κ1) is 45.6. The lowest BCUT2D eigenvalue weighted by molar-refractivity contribution is 0.105. The summed E-state index contributed by atoms with van der Waals surface area (Å²) in [6.45, 7) is 31.9. The molecular formula is C43H70N16O2S. The van der Waals surface area contributed by atoms with E-state index in [-0.39, 0.29) is 22.1 Å². The molecule has 10 heterocycles. The number of nitrogens with zero attached hydrogens (tertiary/aromatic N) is 16. The summed E-state index contributed by atoms with van der Waals surface area (Å²) in [6, 6.07) is 0. The van der Waals surface area contributed by atoms with E-state index in [4.69, 9.17) is 0 Å². The van der Waals surface area contributed by atoms with Crippen LogP contribution >= 0.6 is 0 Å². The Morgan fingerprint density at radius 1 is 0.435 bits per heavy atom. The van der Waals surface area contributed by atoms with Crippen LogP contribution < -0.4 is 0 Å². The molecule has 340 valence electrons. The number of aryl methyl sites for hydroxylation is 9. The summed E-state index contributed by atoms with van der Waals surface area (Å²) in [5, 5.41) is 21.6. The highest BCUT2D eigenvalue weighted by atomic mass is 32.2. The first-order chi connectivity index (χ1) is 28.8. The molecule has 5 aliphatic heterocycles. The Bertz CT molecular complexity index is 2450. The second kappa shape index (κ2) is 16.3. The van der Waals surface area contributed by atoms with Gasteiger partial charge >= 0.3 is 0 Å². The molecule has 1 fully saturated rings. The van der Waals surface area contributed by atoms with Gasteiger partial charge in [0.15, 0.2) is 9.84 Å². The van der Waals surface area contributed by atoms with Gasteiger partial charge in [0, 0.05) is 42.4 Å². The van der Waals surface area contributed by atoms with Gasteiger partial charge in [-0.25, -0.2) is 56.7 Å². The summed E-state index contributed by atoms with van der Waals surface area (Å²) in [4.78, 5) is 24.3. The maximum atomic E-state index is 11.8. The molecule has 0 unspecified atom stereocenters. The Morgan fingerprint density at radius 3 is 1.27 bits per heavy atom. The topological polar surface area (TPSA) is 191 Å². The van der Waals surface area contributed by atoms with Gasteiger partial charge in [-0.15, -0.1) is 0 Å². The molecular weight excluding hydrogens is 805 g/mol. The maximum absolute atomic E-state index is 11.8. The lowest BCUT2D eigenvalue weighted by atomic mass is 9.85. The van der Waals surface area contributed by atoms with Crippen molar-refractivity contribution in [3.05, 3.63) is 58.2 Å². The van der Waals surface area contributed by atoms with Gasteiger partial charge in [-0.05, 0) is 114 Å². The maximum Gasteiger partial charge on any atom is 0.164 e. The Hall–Kier alpha value is -4.39. The lowest BCUT2D eigenvalue weighted by Crippen LogP contribution is -2.46. The number of rotatable bonds is 0. The quantitative estimate of drug-likeness (QED) is 0.194. The number of sulfone groups is 1. The predicted octanol–water partition coefficient (Wildman–Crippen LogP) is 5.35. The summed E-state index contributed by atoms with van der Waals surface area (Å²) < 4.78 is 32.6. The number of hydrogen-bond acceptors (Lipinski definition) is 13. The van der Waals surface area contributed by atoms with Crippen molar-refractivity contribution < 1.29 is 8.42 Å². The van der Waals surface area contributed by atoms with Crippen molar-refractivity contribution in [3.8, 4) is 0 Å². The summed E-state index contributed by atoms with van der Waals surface area (Å²) in [5.74, 6) is 9.61. The summed E-state index contributed by atoms with van der Waals surface area (Å²) in [5.41, 5.74) is 0.944. The standard InChI is InChI=1S/C9H16N4.2C9H15N3.C8H13N3O2S.C8H11N3/c1-7-10-8-9(2,3)12(4)5-6-13(8)11-7;2*1-7-10-8-9(2,3)5-4-6-12(8)11-7;1-6-9-7-8(2,3)14(12,13)5-4-11(7)10-6;1-6-9-7-8(2-3-8)4-5-11(7)10-6/h5-6H2,1-4H3;2*4-6H2,1-3H3;4-5H2,1-3H3;2-5H2,1H3. The van der Waals surface area contributed by atoms with E-state index in [1.165, 1.54) is 50.8 Å². The molecule has 62 heavy (non-hydrogen) atoms. The van der Waals surface area contributed by atoms with Crippen molar-refractivity contribution in [1.29, 1.82) is 0 Å². The zero-order valence-corrected chi connectivity index (χ0v) is 40.6. The Balaban J connectivity index is 0.000000117. The average molecular weight is 875 g/mol. The van der Waals surface area contributed by atoms with Crippen LogP contribution in [0.2, 0.25) is 0 Å². The van der Waals surface area contributed by atoms with Crippen LogP contribution in [0.4, 0.5) is 0 Å². The highest BCUT2D eigenvalue weighted by molar-refractivity contribution is 7.92. The molecule has 6 aliphatic rings. The molecule has 0 N–H and O–H groups in total. The fourth-order valence-corrected chi connectivity index (χ4v) is 10.6. The fourth-order valence-electron chi connectivity index (χ4n) is 9.27. The predicted molar refractivity (Wildman–Crippen MR) is 236 cm³/mol. The first-order valence-corrected chi connectivity index (χ1v) is 24.0. The number of likely N-dealkylation sites (N-methyl/N-ethyl adjacent to an activating group) is 1. The van der Waals surface area contributed by atoms with Crippen molar-refractivity contribution in [2.24, 2.45) is 0 Å². The molecule has 1 saturated carbocycles. The summed E-state index contributed by atoms with van der Waals surface area (Å²) in [6.07, 6.45) is 8.86. The van der Waals surface area contributed by atoms with Crippen molar-refractivity contribution in [3.63, 3.8) is 0 Å². The first-order valence-electron chi connectivity index (χ1n) is 22.4. The van der Waals surface area contributed by atoms with Crippen LogP contribution in [0, 0.1) is 34.6 Å². The number of fused-ring (bicyclic) bond motifs is 6. The highest BCUT2D eigenvalue weighted by Gasteiger charge is 2.51. The molecule has 0 bridgehead atoms. The second-order valence-electron chi connectivity index (χ2n) is 20.3. The monoisotopic (exact) mass is 875 g/mol. The summed E-state index contributed by atoms with van der Waals surface area (Å²) in [7, 11) is -0.952. The van der Waals surface area contributed by atoms with Crippen LogP contribution in [0.5, 0.6) is 0 Å². The normalized spacial score (nSPS) is 22.0. The van der Waals surface area contributed by atoms with E-state index < -0.39 is 14.6 Å². The van der Waals surface area contributed by atoms with Gasteiger partial charge in [0.1, 0.15) is 63.0 Å². The number of hydrogen-bond donors (Lipinski definition) is 0. The Kier molecular flexibility index (Phi) is 12.0. The molecule has 5 aromatic rings. The SMILES string of the molecule is Cc1nc2n(n1)CCC21CC1.Cc1nc2n(n1)CCCC2(C)C.Cc1nc2n(n1)CCCC2(C)C.Cc1nc2n(n1)CCN(C)C2(C)C.Cc1nc2n(n1)CCS(=O)(=O)C2(C)C. The molecule has 0 saturated heterocycles. The van der Waals surface area contributed by atoms with Gasteiger partial charge < -0.3 is 0 Å². The molecule has 0 atom stereocenters. The molecule has 18 nitrogen and oxygen atoms in total. The van der Waals surface area contributed by atoms with E-state index in [9.17, 15) is 8.42 Å². The third-order valence-corrected chi connectivity index (χ3v) is 16.1. The van der Waals surface area contributed by atoms with Crippen molar-refractivity contribution in [1.82, 2.24) is 78.7 Å². The van der Waals surface area contributed by atoms with E-state index in [0.29, 0.717) is 23.6 Å². The van der Waals surface area contributed by atoms with E-state index in [2.05, 4.69) is 118 Å². The second-order valence-corrected chi connectivity index (χ2v) is 23.0. The van der Waals surface area contributed by atoms with Gasteiger partial charge in [0.05, 0.1) is 24.4 Å². The van der Waals surface area contributed by atoms with Crippen molar-refractivity contribution in [2.45, 2.75) is 194 Å². The van der Waals surface area contributed by atoms with E-state index >= 15 is 0 Å². The van der Waals surface area contributed by atoms with Gasteiger partial charge in [-0.2, -0.15) is 25.5 Å². The van der Waals surface area contributed by atoms with Crippen LogP contribution in [0.3, 0.4) is 0 Å². The molecule has 0 amide bonds. The molecule has 5 aromatic heterocycles. The number of aromatic nitrogens is 15. The zero-order chi connectivity index (χ0) is 45.2. The highest BCUT2D eigenvalue weighted by Crippen LogP contribution is 2.53. The van der Waals surface area contributed by atoms with Crippen LogP contribution in [0.25, 0.3) is 0 Å². The van der Waals surface area contributed by atoms with Crippen LogP contribution in [0.15, 0.2) is 0 Å². The third-order valence-electron chi connectivity index (χ3n) is 13.6. The fraction of sp³-hybridized carbons (Fsp3) is 0.767. The minimum atomic E-state index is -3.08. The molecule has 11 rings (SSSR count). The minimum Gasteiger partial charge on any atom is -0.293 e. The van der Waals surface area contributed by atoms with E-state index in [1.807, 2.05) is 32.4 Å². The molecule has 0 aromatic carbocycles. The Morgan fingerprint density at radius 2 is 0.823 bits per heavy atom. The van der Waals surface area contributed by atoms with Crippen molar-refractivity contribution >= 4 is 9.84 Å². The zero-order valence-electron chi connectivity index (χ0n) is 39.8. The summed E-state index contributed by atoms with van der Waals surface area (Å²) >= 11 is 0. The molecule has 1 aliphatic carbocycles. The largest absolute Gasteiger partial charge is 0.293 e. The molecule has 19 heteroatoms. The van der Waals surface area contributed by atoms with Gasteiger partial charge in [-0.1, -0.05) is 27.7 Å². The molecule has 1 spiro atoms. The Labute approximate surface area is 367 Å². The van der Waals surface area contributed by atoms with Gasteiger partial charge in [-0.3, -0.25) is 4.90 Å². The van der Waals surface area contributed by atoms with Crippen molar-refractivity contribution in [2.75, 3.05) is 19.3 Å². The van der Waals surface area contributed by atoms with Crippen LogP contribution in [-0.4, -0.2) is 106 Å². The molecule has 0 radical (unpaired) electrons. The van der Waals surface area contributed by atoms with E-state index in [0.717, 1.165) is 73.5 Å². The van der Waals surface area contributed by atoms with Gasteiger partial charge in [0.25, 0.3) is 0 Å². The third kappa shape index (κ3) is 8.89.